The minimum Gasteiger partial charge on any atom is -0.444 e. The maximum Gasteiger partial charge on any atom is 0.414 e. The highest BCUT2D eigenvalue weighted by molar-refractivity contribution is 6.31. The maximum atomic E-state index is 12.4. The van der Waals surface area contributed by atoms with E-state index in [0.717, 1.165) is 11.1 Å². The van der Waals surface area contributed by atoms with Gasteiger partial charge in [-0.05, 0) is 23.3 Å². The molecule has 0 radical (unpaired) electrons. The van der Waals surface area contributed by atoms with E-state index in [1.807, 2.05) is 66.7 Å². The lowest BCUT2D eigenvalue weighted by molar-refractivity contribution is 0.103. The molecular formula is C19H16ClNO2. The molecule has 0 fully saturated rings. The predicted molar refractivity (Wildman–Crippen MR) is 90.7 cm³/mol. The Labute approximate surface area is 140 Å². The van der Waals surface area contributed by atoms with Gasteiger partial charge in [-0.25, -0.2) is 4.79 Å². The van der Waals surface area contributed by atoms with Crippen molar-refractivity contribution in [3.8, 4) is 0 Å². The third-order valence-corrected chi connectivity index (χ3v) is 3.82. The van der Waals surface area contributed by atoms with E-state index in [0.29, 0.717) is 5.03 Å². The molecule has 0 saturated carbocycles. The summed E-state index contributed by atoms with van der Waals surface area (Å²) >= 11 is 6.10. The number of carbonyl (C=O) groups excluding carboxylic acids is 1. The van der Waals surface area contributed by atoms with Gasteiger partial charge < -0.3 is 4.74 Å². The van der Waals surface area contributed by atoms with Gasteiger partial charge in [0.2, 0.25) is 0 Å². The van der Waals surface area contributed by atoms with Crippen molar-refractivity contribution in [3.63, 3.8) is 0 Å². The Morgan fingerprint density at radius 2 is 1.70 bits per heavy atom. The van der Waals surface area contributed by atoms with Crippen LogP contribution >= 0.6 is 11.6 Å². The highest BCUT2D eigenvalue weighted by atomic mass is 35.5. The van der Waals surface area contributed by atoms with Gasteiger partial charge in [-0.1, -0.05) is 72.3 Å². The molecule has 0 aliphatic carbocycles. The third kappa shape index (κ3) is 3.82. The molecule has 3 nitrogen and oxygen atoms in total. The molecule has 0 bridgehead atoms. The Bertz CT molecular complexity index is 726. The van der Waals surface area contributed by atoms with Crippen molar-refractivity contribution in [2.75, 3.05) is 0 Å². The Balaban J connectivity index is 1.74. The quantitative estimate of drug-likeness (QED) is 0.793. The first-order valence-electron chi connectivity index (χ1n) is 7.33. The third-order valence-electron chi connectivity index (χ3n) is 3.57. The van der Waals surface area contributed by atoms with Gasteiger partial charge in [0.15, 0.2) is 0 Å². The lowest BCUT2D eigenvalue weighted by Gasteiger charge is -2.28. The fourth-order valence-electron chi connectivity index (χ4n) is 2.41. The second-order valence-corrected chi connectivity index (χ2v) is 5.61. The number of ether oxygens (including phenoxy) is 1. The number of allylic oxidation sites excluding steroid dienone is 2. The van der Waals surface area contributed by atoms with Crippen molar-refractivity contribution in [2.24, 2.45) is 0 Å². The molecular weight excluding hydrogens is 310 g/mol. The van der Waals surface area contributed by atoms with Gasteiger partial charge in [-0.15, -0.1) is 0 Å². The van der Waals surface area contributed by atoms with Gasteiger partial charge in [-0.2, -0.15) is 0 Å². The summed E-state index contributed by atoms with van der Waals surface area (Å²) in [7, 11) is 0. The second-order valence-electron chi connectivity index (χ2n) is 5.17. The Morgan fingerprint density at radius 1 is 1.04 bits per heavy atom. The van der Waals surface area contributed by atoms with Crippen molar-refractivity contribution < 1.29 is 9.53 Å². The van der Waals surface area contributed by atoms with E-state index in [2.05, 4.69) is 0 Å². The molecule has 1 aliphatic rings. The molecule has 1 aliphatic heterocycles. The van der Waals surface area contributed by atoms with Gasteiger partial charge in [-0.3, -0.25) is 4.90 Å². The maximum absolute atomic E-state index is 12.4. The van der Waals surface area contributed by atoms with Crippen LogP contribution in [-0.4, -0.2) is 11.0 Å². The molecule has 0 saturated heterocycles. The van der Waals surface area contributed by atoms with Crippen molar-refractivity contribution in [1.82, 2.24) is 4.90 Å². The fraction of sp³-hybridized carbons (Fsp3) is 0.105. The van der Waals surface area contributed by atoms with Gasteiger partial charge in [0.1, 0.15) is 6.61 Å². The molecule has 1 atom stereocenters. The lowest BCUT2D eigenvalue weighted by atomic mass is 10.0. The van der Waals surface area contributed by atoms with E-state index < -0.39 is 6.09 Å². The smallest absolute Gasteiger partial charge is 0.414 e. The minimum atomic E-state index is -0.403. The topological polar surface area (TPSA) is 29.5 Å². The number of nitrogens with zero attached hydrogens (tertiary/aromatic N) is 1. The summed E-state index contributed by atoms with van der Waals surface area (Å²) in [4.78, 5) is 14.0. The van der Waals surface area contributed by atoms with Crippen LogP contribution in [0.2, 0.25) is 0 Å². The molecule has 2 aromatic rings. The number of amides is 1. The van der Waals surface area contributed by atoms with E-state index in [9.17, 15) is 4.79 Å². The molecule has 23 heavy (non-hydrogen) atoms. The van der Waals surface area contributed by atoms with Crippen LogP contribution in [0.4, 0.5) is 4.79 Å². The largest absolute Gasteiger partial charge is 0.444 e. The molecule has 0 aromatic heterocycles. The van der Waals surface area contributed by atoms with Gasteiger partial charge in [0.05, 0.1) is 6.04 Å². The lowest BCUT2D eigenvalue weighted by Crippen LogP contribution is -2.31. The molecule has 1 heterocycles. The summed E-state index contributed by atoms with van der Waals surface area (Å²) in [5, 5.41) is 0.603. The number of carbonyl (C=O) groups is 1. The SMILES string of the molecule is O=C(OCc1ccccc1)N1C=CC(Cl)=CC1c1ccccc1. The van der Waals surface area contributed by atoms with Crippen LogP contribution in [0.25, 0.3) is 0 Å². The molecule has 1 unspecified atom stereocenters. The molecule has 116 valence electrons. The Hall–Kier alpha value is -2.52. The van der Waals surface area contributed by atoms with Crippen LogP contribution in [0, 0.1) is 0 Å². The molecule has 2 aromatic carbocycles. The van der Waals surface area contributed by atoms with Crippen LogP contribution in [0.5, 0.6) is 0 Å². The zero-order valence-electron chi connectivity index (χ0n) is 12.4. The van der Waals surface area contributed by atoms with Crippen LogP contribution < -0.4 is 0 Å². The first-order valence-corrected chi connectivity index (χ1v) is 7.71. The highest BCUT2D eigenvalue weighted by Gasteiger charge is 2.25. The normalized spacial score (nSPS) is 16.8. The zero-order valence-corrected chi connectivity index (χ0v) is 13.2. The molecule has 0 spiro atoms. The van der Waals surface area contributed by atoms with E-state index >= 15 is 0 Å². The number of benzene rings is 2. The summed E-state index contributed by atoms with van der Waals surface area (Å²) in [6, 6.07) is 19.1. The van der Waals surface area contributed by atoms with Crippen molar-refractivity contribution >= 4 is 17.7 Å². The second kappa shape index (κ2) is 7.16. The van der Waals surface area contributed by atoms with Gasteiger partial charge in [0.25, 0.3) is 0 Å². The van der Waals surface area contributed by atoms with E-state index in [4.69, 9.17) is 16.3 Å². The van der Waals surface area contributed by atoms with E-state index in [-0.39, 0.29) is 12.6 Å². The zero-order chi connectivity index (χ0) is 16.1. The average molecular weight is 326 g/mol. The van der Waals surface area contributed by atoms with Crippen molar-refractivity contribution in [2.45, 2.75) is 12.6 Å². The average Bonchev–Trinajstić information content (AvgIpc) is 2.61. The standard InChI is InChI=1S/C19H16ClNO2/c20-17-11-12-21(18(13-17)16-9-5-2-6-10-16)19(22)23-14-15-7-3-1-4-8-15/h1-13,18H,14H2. The summed E-state index contributed by atoms with van der Waals surface area (Å²) in [5.41, 5.74) is 1.93. The monoisotopic (exact) mass is 325 g/mol. The molecule has 3 rings (SSSR count). The van der Waals surface area contributed by atoms with Crippen LogP contribution in [0.1, 0.15) is 17.2 Å². The minimum absolute atomic E-state index is 0.239. The Kier molecular flexibility index (Phi) is 4.79. The van der Waals surface area contributed by atoms with Crippen LogP contribution in [0.3, 0.4) is 0 Å². The first-order chi connectivity index (χ1) is 11.2. The van der Waals surface area contributed by atoms with Crippen molar-refractivity contribution in [3.05, 3.63) is 95.2 Å². The summed E-state index contributed by atoms with van der Waals surface area (Å²) < 4.78 is 5.42. The molecule has 4 heteroatoms. The number of hydrogen-bond donors (Lipinski definition) is 0. The number of halogens is 1. The van der Waals surface area contributed by atoms with Gasteiger partial charge in [0, 0.05) is 11.2 Å². The molecule has 0 N–H and O–H groups in total. The van der Waals surface area contributed by atoms with Gasteiger partial charge >= 0.3 is 6.09 Å². The summed E-state index contributed by atoms with van der Waals surface area (Å²) in [6.45, 7) is 0.239. The highest BCUT2D eigenvalue weighted by Crippen LogP contribution is 2.29. The Morgan fingerprint density at radius 3 is 2.39 bits per heavy atom. The van der Waals surface area contributed by atoms with Crippen LogP contribution in [0.15, 0.2) is 84.0 Å². The van der Waals surface area contributed by atoms with E-state index in [1.165, 1.54) is 0 Å². The summed E-state index contributed by atoms with van der Waals surface area (Å²) in [5.74, 6) is 0. The fourth-order valence-corrected chi connectivity index (χ4v) is 2.58. The summed E-state index contributed by atoms with van der Waals surface area (Å²) in [6.07, 6.45) is 4.78. The number of hydrogen-bond acceptors (Lipinski definition) is 2. The van der Waals surface area contributed by atoms with E-state index in [1.54, 1.807) is 17.2 Å². The van der Waals surface area contributed by atoms with Crippen LogP contribution in [-0.2, 0) is 11.3 Å². The number of rotatable bonds is 3. The van der Waals surface area contributed by atoms with Crippen molar-refractivity contribution in [1.29, 1.82) is 0 Å². The predicted octanol–water partition coefficient (Wildman–Crippen LogP) is 5.02. The first kappa shape index (κ1) is 15.4. The molecule has 1 amide bonds.